The molecule has 3 N–H and O–H groups in total. The van der Waals surface area contributed by atoms with Gasteiger partial charge < -0.3 is 5.73 Å². The molecule has 2 aromatic heterocycles. The number of rotatable bonds is 2. The first kappa shape index (κ1) is 11.4. The maximum absolute atomic E-state index is 11.5. The molecule has 0 aliphatic carbocycles. The van der Waals surface area contributed by atoms with E-state index in [9.17, 15) is 4.79 Å². The number of benzene rings is 1. The lowest BCUT2D eigenvalue weighted by molar-refractivity contribution is 0.100. The summed E-state index contributed by atoms with van der Waals surface area (Å²) in [7, 11) is 0. The van der Waals surface area contributed by atoms with Crippen molar-refractivity contribution in [2.45, 2.75) is 6.92 Å². The zero-order valence-electron chi connectivity index (χ0n) is 10.3. The van der Waals surface area contributed by atoms with Gasteiger partial charge in [-0.05, 0) is 30.7 Å². The molecule has 94 valence electrons. The van der Waals surface area contributed by atoms with Crippen molar-refractivity contribution in [3.63, 3.8) is 0 Å². The predicted molar refractivity (Wildman–Crippen MR) is 72.6 cm³/mol. The van der Waals surface area contributed by atoms with Crippen molar-refractivity contribution in [3.8, 4) is 11.1 Å². The molecule has 0 saturated heterocycles. The summed E-state index contributed by atoms with van der Waals surface area (Å²) in [4.78, 5) is 15.8. The van der Waals surface area contributed by atoms with E-state index in [1.807, 2.05) is 25.1 Å². The lowest BCUT2D eigenvalue weighted by Crippen LogP contribution is -2.13. The summed E-state index contributed by atoms with van der Waals surface area (Å²) < 4.78 is 0. The first-order valence-corrected chi connectivity index (χ1v) is 5.86. The molecule has 0 radical (unpaired) electrons. The van der Waals surface area contributed by atoms with Crippen LogP contribution in [0.25, 0.3) is 22.0 Å². The molecule has 0 atom stereocenters. The van der Waals surface area contributed by atoms with Crippen molar-refractivity contribution in [1.29, 1.82) is 0 Å². The van der Waals surface area contributed by atoms with E-state index in [2.05, 4.69) is 15.2 Å². The Hall–Kier alpha value is -2.69. The van der Waals surface area contributed by atoms with Crippen LogP contribution < -0.4 is 5.73 Å². The Morgan fingerprint density at radius 1 is 1.32 bits per heavy atom. The van der Waals surface area contributed by atoms with Crippen LogP contribution in [-0.2, 0) is 0 Å². The van der Waals surface area contributed by atoms with E-state index < -0.39 is 5.91 Å². The van der Waals surface area contributed by atoms with Gasteiger partial charge in [0.25, 0.3) is 0 Å². The molecule has 0 bridgehead atoms. The van der Waals surface area contributed by atoms with E-state index in [0.717, 1.165) is 27.7 Å². The summed E-state index contributed by atoms with van der Waals surface area (Å²) in [6.07, 6.45) is 3.34. The van der Waals surface area contributed by atoms with Crippen LogP contribution in [0, 0.1) is 6.92 Å². The molecule has 0 fully saturated rings. The van der Waals surface area contributed by atoms with E-state index in [1.165, 1.54) is 0 Å². The van der Waals surface area contributed by atoms with Crippen LogP contribution >= 0.6 is 0 Å². The summed E-state index contributed by atoms with van der Waals surface area (Å²) in [6.45, 7) is 1.86. The molecule has 5 nitrogen and oxygen atoms in total. The highest BCUT2D eigenvalue weighted by Crippen LogP contribution is 2.28. The van der Waals surface area contributed by atoms with E-state index in [4.69, 9.17) is 5.73 Å². The molecule has 1 aromatic carbocycles. The van der Waals surface area contributed by atoms with Crippen molar-refractivity contribution < 1.29 is 4.79 Å². The largest absolute Gasteiger partial charge is 0.366 e. The van der Waals surface area contributed by atoms with E-state index >= 15 is 0 Å². The molecule has 19 heavy (non-hydrogen) atoms. The fourth-order valence-electron chi connectivity index (χ4n) is 2.23. The quantitative estimate of drug-likeness (QED) is 0.731. The van der Waals surface area contributed by atoms with Gasteiger partial charge in [-0.2, -0.15) is 5.10 Å². The lowest BCUT2D eigenvalue weighted by Gasteiger charge is -2.09. The van der Waals surface area contributed by atoms with Gasteiger partial charge in [0.1, 0.15) is 0 Å². The van der Waals surface area contributed by atoms with Gasteiger partial charge in [-0.15, -0.1) is 0 Å². The molecule has 0 aliphatic rings. The number of amides is 1. The van der Waals surface area contributed by atoms with Crippen LogP contribution in [0.15, 0.2) is 36.7 Å². The smallest absolute Gasteiger partial charge is 0.249 e. The minimum Gasteiger partial charge on any atom is -0.366 e. The number of nitrogens with one attached hydrogen (secondary N) is 1. The molecule has 0 spiro atoms. The monoisotopic (exact) mass is 252 g/mol. The number of carbonyl (C=O) groups is 1. The molecular weight excluding hydrogens is 240 g/mol. The first-order valence-electron chi connectivity index (χ1n) is 5.86. The number of H-pyrrole nitrogens is 1. The normalized spacial score (nSPS) is 10.8. The fourth-order valence-corrected chi connectivity index (χ4v) is 2.23. The minimum absolute atomic E-state index is 0.451. The molecule has 3 aromatic rings. The zero-order chi connectivity index (χ0) is 13.4. The number of carbonyl (C=O) groups excluding carboxylic acids is 1. The molecule has 3 rings (SSSR count). The van der Waals surface area contributed by atoms with Crippen molar-refractivity contribution in [2.24, 2.45) is 5.73 Å². The Morgan fingerprint density at radius 3 is 2.95 bits per heavy atom. The number of hydrogen-bond acceptors (Lipinski definition) is 3. The number of fused-ring (bicyclic) bond motifs is 1. The van der Waals surface area contributed by atoms with Gasteiger partial charge in [0.15, 0.2) is 0 Å². The fraction of sp³-hybridized carbons (Fsp3) is 0.0714. The maximum Gasteiger partial charge on any atom is 0.249 e. The third-order valence-corrected chi connectivity index (χ3v) is 3.13. The highest BCUT2D eigenvalue weighted by molar-refractivity contribution is 6.01. The summed E-state index contributed by atoms with van der Waals surface area (Å²) in [5.74, 6) is -0.451. The number of aryl methyl sites for hydroxylation is 1. The molecular formula is C14H12N4O. The highest BCUT2D eigenvalue weighted by atomic mass is 16.1. The number of aromatic amines is 1. The zero-order valence-corrected chi connectivity index (χ0v) is 10.3. The average molecular weight is 252 g/mol. The Kier molecular flexibility index (Phi) is 2.52. The Balaban J connectivity index is 2.28. The summed E-state index contributed by atoms with van der Waals surface area (Å²) in [5.41, 5.74) is 9.32. The Bertz CT molecular complexity index is 776. The highest BCUT2D eigenvalue weighted by Gasteiger charge is 2.13. The number of aromatic nitrogens is 3. The average Bonchev–Trinajstić information content (AvgIpc) is 2.85. The van der Waals surface area contributed by atoms with Gasteiger partial charge in [0.05, 0.1) is 17.3 Å². The Labute approximate surface area is 109 Å². The van der Waals surface area contributed by atoms with Crippen molar-refractivity contribution in [1.82, 2.24) is 15.2 Å². The second-order valence-electron chi connectivity index (χ2n) is 4.36. The van der Waals surface area contributed by atoms with Crippen molar-refractivity contribution >= 4 is 16.8 Å². The van der Waals surface area contributed by atoms with Gasteiger partial charge in [0.2, 0.25) is 5.91 Å². The van der Waals surface area contributed by atoms with Gasteiger partial charge in [-0.3, -0.25) is 14.9 Å². The molecule has 2 heterocycles. The molecule has 5 heteroatoms. The number of nitrogens with two attached hydrogens (primary N) is 1. The summed E-state index contributed by atoms with van der Waals surface area (Å²) >= 11 is 0. The van der Waals surface area contributed by atoms with Crippen LogP contribution in [-0.4, -0.2) is 21.1 Å². The van der Waals surface area contributed by atoms with Gasteiger partial charge in [-0.25, -0.2) is 0 Å². The van der Waals surface area contributed by atoms with Crippen LogP contribution in [0.3, 0.4) is 0 Å². The third kappa shape index (κ3) is 1.85. The van der Waals surface area contributed by atoms with Crippen molar-refractivity contribution in [3.05, 3.63) is 47.9 Å². The lowest BCUT2D eigenvalue weighted by atomic mass is 9.97. The molecule has 0 saturated carbocycles. The standard InChI is InChI=1S/C14H12N4O/c1-8-13(11(14(15)19)4-5-16-8)9-2-3-12-10(6-9)7-17-18-12/h2-7H,1H3,(H2,15,19)(H,17,18). The van der Waals surface area contributed by atoms with Crippen molar-refractivity contribution in [2.75, 3.05) is 0 Å². The third-order valence-electron chi connectivity index (χ3n) is 3.13. The number of nitrogens with zero attached hydrogens (tertiary/aromatic N) is 2. The second-order valence-corrected chi connectivity index (χ2v) is 4.36. The Morgan fingerprint density at radius 2 is 2.16 bits per heavy atom. The van der Waals surface area contributed by atoms with E-state index in [0.29, 0.717) is 5.56 Å². The van der Waals surface area contributed by atoms with E-state index in [-0.39, 0.29) is 0 Å². The van der Waals surface area contributed by atoms with Crippen LogP contribution in [0.5, 0.6) is 0 Å². The molecule has 0 aliphatic heterocycles. The SMILES string of the molecule is Cc1nccc(C(N)=O)c1-c1ccc2[nH]ncc2c1. The predicted octanol–water partition coefficient (Wildman–Crippen LogP) is 2.03. The topological polar surface area (TPSA) is 84.7 Å². The minimum atomic E-state index is -0.451. The van der Waals surface area contributed by atoms with Crippen LogP contribution in [0.1, 0.15) is 16.1 Å². The number of primary amides is 1. The van der Waals surface area contributed by atoms with Crippen LogP contribution in [0.2, 0.25) is 0 Å². The second kappa shape index (κ2) is 4.20. The number of hydrogen-bond donors (Lipinski definition) is 2. The maximum atomic E-state index is 11.5. The first-order chi connectivity index (χ1) is 9.16. The van der Waals surface area contributed by atoms with Gasteiger partial charge in [-0.1, -0.05) is 6.07 Å². The van der Waals surface area contributed by atoms with E-state index in [1.54, 1.807) is 18.5 Å². The summed E-state index contributed by atoms with van der Waals surface area (Å²) in [5, 5.41) is 7.86. The molecule has 1 amide bonds. The molecule has 0 unspecified atom stereocenters. The van der Waals surface area contributed by atoms with Gasteiger partial charge >= 0.3 is 0 Å². The van der Waals surface area contributed by atoms with Gasteiger partial charge in [0, 0.05) is 22.8 Å². The summed E-state index contributed by atoms with van der Waals surface area (Å²) in [6, 6.07) is 7.46. The number of pyridine rings is 1. The van der Waals surface area contributed by atoms with Crippen LogP contribution in [0.4, 0.5) is 0 Å².